The quantitative estimate of drug-likeness (QED) is 0.369. The van der Waals surface area contributed by atoms with Gasteiger partial charge in [-0.15, -0.1) is 11.8 Å². The molecule has 1 fully saturated rings. The number of carboxylic acid groups (broad SMARTS) is 1. The van der Waals surface area contributed by atoms with Gasteiger partial charge in [-0.3, -0.25) is 10.1 Å². The van der Waals surface area contributed by atoms with Crippen molar-refractivity contribution in [2.75, 3.05) is 24.2 Å². The van der Waals surface area contributed by atoms with Gasteiger partial charge in [-0.05, 0) is 37.8 Å². The molecule has 31 heavy (non-hydrogen) atoms. The van der Waals surface area contributed by atoms with E-state index in [1.165, 1.54) is 29.5 Å². The van der Waals surface area contributed by atoms with Crippen molar-refractivity contribution < 1.29 is 19.4 Å². The van der Waals surface area contributed by atoms with E-state index in [4.69, 9.17) is 9.84 Å². The Morgan fingerprint density at radius 1 is 1.29 bits per heavy atom. The van der Waals surface area contributed by atoms with Gasteiger partial charge in [0, 0.05) is 12.6 Å². The summed E-state index contributed by atoms with van der Waals surface area (Å²) in [4.78, 5) is 29.9. The van der Waals surface area contributed by atoms with Crippen molar-refractivity contribution in [3.05, 3.63) is 36.0 Å². The molecule has 2 N–H and O–H groups in total. The highest BCUT2D eigenvalue weighted by Crippen LogP contribution is 2.29. The Morgan fingerprint density at radius 2 is 2.06 bits per heavy atom. The van der Waals surface area contributed by atoms with E-state index < -0.39 is 5.97 Å². The van der Waals surface area contributed by atoms with Gasteiger partial charge in [-0.2, -0.15) is 0 Å². The molecule has 0 aliphatic heterocycles. The molecular weight excluding hydrogens is 434 g/mol. The van der Waals surface area contributed by atoms with Gasteiger partial charge >= 0.3 is 12.0 Å². The molecule has 0 atom stereocenters. The molecule has 3 rings (SSSR count). The van der Waals surface area contributed by atoms with Crippen molar-refractivity contribution >= 4 is 40.2 Å². The van der Waals surface area contributed by atoms with Gasteiger partial charge in [0.15, 0.2) is 5.13 Å². The van der Waals surface area contributed by atoms with Crippen LogP contribution in [0.3, 0.4) is 0 Å². The smallest absolute Gasteiger partial charge is 0.323 e. The molecule has 2 aromatic rings. The summed E-state index contributed by atoms with van der Waals surface area (Å²) in [7, 11) is 0. The number of aryl methyl sites for hydroxylation is 1. The highest BCUT2D eigenvalue weighted by atomic mass is 32.2. The third kappa shape index (κ3) is 7.43. The summed E-state index contributed by atoms with van der Waals surface area (Å²) in [6, 6.07) is 8.01. The fraction of sp³-hybridized carbons (Fsp3) is 0.500. The fourth-order valence-corrected chi connectivity index (χ4v) is 5.24. The number of thiazole rings is 1. The SMILES string of the molecule is Cc1ccccc1OCCCN(C(=O)Nc1ncc(SCC(=O)O)s1)C1CCCCC1. The molecule has 168 valence electrons. The average Bonchev–Trinajstić information content (AvgIpc) is 3.21. The van der Waals surface area contributed by atoms with E-state index in [1.807, 2.05) is 36.1 Å². The van der Waals surface area contributed by atoms with Crippen molar-refractivity contribution in [3.8, 4) is 5.75 Å². The summed E-state index contributed by atoms with van der Waals surface area (Å²) in [5, 5.41) is 12.2. The van der Waals surface area contributed by atoms with Crippen molar-refractivity contribution in [1.29, 1.82) is 0 Å². The first-order valence-electron chi connectivity index (χ1n) is 10.6. The van der Waals surface area contributed by atoms with Crippen LogP contribution in [0.2, 0.25) is 0 Å². The lowest BCUT2D eigenvalue weighted by atomic mass is 9.94. The fourth-order valence-electron chi connectivity index (χ4n) is 3.66. The number of urea groups is 1. The molecule has 1 aliphatic rings. The van der Waals surface area contributed by atoms with E-state index in [-0.39, 0.29) is 17.8 Å². The third-order valence-corrected chi connectivity index (χ3v) is 7.30. The molecule has 2 amide bonds. The minimum atomic E-state index is -0.875. The number of carbonyl (C=O) groups is 2. The number of nitrogens with zero attached hydrogens (tertiary/aromatic N) is 2. The highest BCUT2D eigenvalue weighted by Gasteiger charge is 2.26. The van der Waals surface area contributed by atoms with Crippen molar-refractivity contribution in [2.24, 2.45) is 0 Å². The molecule has 0 saturated heterocycles. The number of ether oxygens (including phenoxy) is 1. The molecule has 1 saturated carbocycles. The molecule has 1 aromatic heterocycles. The number of nitrogens with one attached hydrogen (secondary N) is 1. The zero-order chi connectivity index (χ0) is 22.1. The van der Waals surface area contributed by atoms with Crippen LogP contribution in [-0.4, -0.2) is 51.9 Å². The van der Waals surface area contributed by atoms with Crippen molar-refractivity contribution in [3.63, 3.8) is 0 Å². The van der Waals surface area contributed by atoms with E-state index in [0.717, 1.165) is 47.6 Å². The number of carboxylic acids is 1. The predicted octanol–water partition coefficient (Wildman–Crippen LogP) is 5.26. The zero-order valence-corrected chi connectivity index (χ0v) is 19.3. The standard InChI is InChI=1S/C22H29N3O4S2/c1-16-8-5-6-11-18(16)29-13-7-12-25(17-9-3-2-4-10-17)22(28)24-21-23-14-20(31-21)30-15-19(26)27/h5-6,8,11,14,17H,2-4,7,9-10,12-13,15H2,1H3,(H,26,27)(H,23,24,28). The normalized spacial score (nSPS) is 14.2. The largest absolute Gasteiger partial charge is 0.493 e. The van der Waals surface area contributed by atoms with Crippen LogP contribution in [0, 0.1) is 6.92 Å². The van der Waals surface area contributed by atoms with Crippen molar-refractivity contribution in [1.82, 2.24) is 9.88 Å². The minimum absolute atomic E-state index is 0.0231. The Morgan fingerprint density at radius 3 is 2.81 bits per heavy atom. The number of benzene rings is 1. The van der Waals surface area contributed by atoms with Gasteiger partial charge in [0.05, 0.1) is 22.8 Å². The maximum atomic E-state index is 13.0. The summed E-state index contributed by atoms with van der Waals surface area (Å²) < 4.78 is 6.67. The Balaban J connectivity index is 1.55. The maximum absolute atomic E-state index is 13.0. The first kappa shape index (κ1) is 23.4. The van der Waals surface area contributed by atoms with E-state index in [0.29, 0.717) is 18.3 Å². The molecule has 1 aliphatic carbocycles. The van der Waals surface area contributed by atoms with Crippen LogP contribution in [0.15, 0.2) is 34.7 Å². The predicted molar refractivity (Wildman–Crippen MR) is 124 cm³/mol. The van der Waals surface area contributed by atoms with Gasteiger partial charge in [0.25, 0.3) is 0 Å². The van der Waals surface area contributed by atoms with Gasteiger partial charge < -0.3 is 14.7 Å². The minimum Gasteiger partial charge on any atom is -0.493 e. The Hall–Kier alpha value is -2.26. The van der Waals surface area contributed by atoms with Gasteiger partial charge in [0.2, 0.25) is 0 Å². The van der Waals surface area contributed by atoms with E-state index in [9.17, 15) is 9.59 Å². The zero-order valence-electron chi connectivity index (χ0n) is 17.7. The van der Waals surface area contributed by atoms with Crippen LogP contribution in [0.5, 0.6) is 5.75 Å². The monoisotopic (exact) mass is 463 g/mol. The van der Waals surface area contributed by atoms with Gasteiger partial charge in [-0.25, -0.2) is 9.78 Å². The molecular formula is C22H29N3O4S2. The number of anilines is 1. The van der Waals surface area contributed by atoms with Crippen LogP contribution < -0.4 is 10.1 Å². The highest BCUT2D eigenvalue weighted by molar-refractivity contribution is 8.01. The van der Waals surface area contributed by atoms with Crippen LogP contribution >= 0.6 is 23.1 Å². The molecule has 9 heteroatoms. The second-order valence-corrected chi connectivity index (χ2v) is 9.86. The first-order chi connectivity index (χ1) is 15.0. The molecule has 1 heterocycles. The third-order valence-electron chi connectivity index (χ3n) is 5.21. The summed E-state index contributed by atoms with van der Waals surface area (Å²) in [6.45, 7) is 3.19. The van der Waals surface area contributed by atoms with Crippen LogP contribution in [0.1, 0.15) is 44.1 Å². The molecule has 0 radical (unpaired) electrons. The second kappa shape index (κ2) is 12.0. The van der Waals surface area contributed by atoms with E-state index in [1.54, 1.807) is 6.20 Å². The van der Waals surface area contributed by atoms with Gasteiger partial charge in [0.1, 0.15) is 5.75 Å². The van der Waals surface area contributed by atoms with E-state index in [2.05, 4.69) is 10.3 Å². The maximum Gasteiger partial charge on any atom is 0.323 e. The molecule has 0 spiro atoms. The summed E-state index contributed by atoms with van der Waals surface area (Å²) >= 11 is 2.50. The number of carbonyl (C=O) groups excluding carboxylic acids is 1. The van der Waals surface area contributed by atoms with Gasteiger partial charge in [-0.1, -0.05) is 48.8 Å². The number of aliphatic carboxylic acids is 1. The van der Waals surface area contributed by atoms with Crippen LogP contribution in [0.4, 0.5) is 9.93 Å². The molecule has 1 aromatic carbocycles. The summed E-state index contributed by atoms with van der Waals surface area (Å²) in [5.74, 6) is -0.0179. The number of para-hydroxylation sites is 1. The lowest BCUT2D eigenvalue weighted by Crippen LogP contribution is -2.44. The summed E-state index contributed by atoms with van der Waals surface area (Å²) in [6.07, 6.45) is 7.89. The molecule has 0 bridgehead atoms. The number of hydrogen-bond donors (Lipinski definition) is 2. The Labute approximate surface area is 191 Å². The number of hydrogen-bond acceptors (Lipinski definition) is 6. The molecule has 7 nitrogen and oxygen atoms in total. The van der Waals surface area contributed by atoms with Crippen LogP contribution in [-0.2, 0) is 4.79 Å². The van der Waals surface area contributed by atoms with Crippen molar-refractivity contribution in [2.45, 2.75) is 55.7 Å². The average molecular weight is 464 g/mol. The lowest BCUT2D eigenvalue weighted by Gasteiger charge is -2.34. The summed E-state index contributed by atoms with van der Waals surface area (Å²) in [5.41, 5.74) is 1.10. The molecule has 0 unspecified atom stereocenters. The number of aromatic nitrogens is 1. The van der Waals surface area contributed by atoms with Crippen LogP contribution in [0.25, 0.3) is 0 Å². The topological polar surface area (TPSA) is 91.8 Å². The van der Waals surface area contributed by atoms with E-state index >= 15 is 0 Å². The number of thioether (sulfide) groups is 1. The number of rotatable bonds is 10. The lowest BCUT2D eigenvalue weighted by molar-refractivity contribution is -0.133. The first-order valence-corrected chi connectivity index (χ1v) is 12.4. The Bertz CT molecular complexity index is 868. The second-order valence-electron chi connectivity index (χ2n) is 7.55. The number of amides is 2. The Kier molecular flexibility index (Phi) is 9.02.